The fourth-order valence-corrected chi connectivity index (χ4v) is 3.33. The van der Waals surface area contributed by atoms with E-state index in [4.69, 9.17) is 14.6 Å². The number of quaternary nitrogens is 2. The number of piperazine rings is 1. The molecule has 124 valence electrons. The van der Waals surface area contributed by atoms with E-state index >= 15 is 0 Å². The number of nitrogens with one attached hydrogen (secondary N) is 2. The molecule has 0 saturated carbocycles. The van der Waals surface area contributed by atoms with Crippen LogP contribution >= 0.6 is 15.9 Å². The van der Waals surface area contributed by atoms with E-state index in [0.717, 1.165) is 29.9 Å². The summed E-state index contributed by atoms with van der Waals surface area (Å²) in [6.45, 7) is 8.04. The van der Waals surface area contributed by atoms with Crippen LogP contribution in [-0.2, 0) is 11.3 Å². The number of halogens is 1. The topological polar surface area (TPSA) is 47.6 Å². The van der Waals surface area contributed by atoms with Crippen LogP contribution in [0.3, 0.4) is 0 Å². The number of benzene rings is 1. The van der Waals surface area contributed by atoms with Gasteiger partial charge in [0.2, 0.25) is 0 Å². The second-order valence-electron chi connectivity index (χ2n) is 5.72. The van der Waals surface area contributed by atoms with E-state index in [1.54, 1.807) is 16.9 Å². The van der Waals surface area contributed by atoms with E-state index in [2.05, 4.69) is 22.0 Å². The van der Waals surface area contributed by atoms with Gasteiger partial charge < -0.3 is 24.4 Å². The van der Waals surface area contributed by atoms with E-state index in [1.165, 1.54) is 31.7 Å². The Balaban J connectivity index is 1.76. The van der Waals surface area contributed by atoms with Crippen LogP contribution in [-0.4, -0.2) is 64.8 Å². The first-order valence-electron chi connectivity index (χ1n) is 7.91. The zero-order valence-electron chi connectivity index (χ0n) is 13.2. The molecule has 0 atom stereocenters. The van der Waals surface area contributed by atoms with Gasteiger partial charge in [0.05, 0.1) is 26.9 Å². The normalized spacial score (nSPS) is 21.8. The summed E-state index contributed by atoms with van der Waals surface area (Å²) in [6, 6.07) is 6.21. The molecule has 0 aromatic heterocycles. The molecule has 1 aromatic carbocycles. The Morgan fingerprint density at radius 3 is 2.55 bits per heavy atom. The van der Waals surface area contributed by atoms with Crippen LogP contribution in [0.2, 0.25) is 0 Å². The highest BCUT2D eigenvalue weighted by Crippen LogP contribution is 2.22. The fraction of sp³-hybridized carbons (Fsp3) is 0.625. The van der Waals surface area contributed by atoms with Gasteiger partial charge in [-0.3, -0.25) is 0 Å². The van der Waals surface area contributed by atoms with Crippen molar-refractivity contribution in [2.45, 2.75) is 6.54 Å². The van der Waals surface area contributed by atoms with E-state index < -0.39 is 0 Å². The average molecular weight is 375 g/mol. The highest BCUT2D eigenvalue weighted by Gasteiger charge is 2.23. The van der Waals surface area contributed by atoms with Gasteiger partial charge in [-0.1, -0.05) is 15.9 Å². The highest BCUT2D eigenvalue weighted by molar-refractivity contribution is 9.10. The number of hydrogen-bond acceptors (Lipinski definition) is 3. The molecular weight excluding hydrogens is 348 g/mol. The van der Waals surface area contributed by atoms with Crippen LogP contribution in [0.1, 0.15) is 5.56 Å². The molecule has 6 heteroatoms. The van der Waals surface area contributed by atoms with Gasteiger partial charge in [-0.05, 0) is 18.2 Å². The molecular formula is C16H27BrN2O3+2. The van der Waals surface area contributed by atoms with Gasteiger partial charge in [-0.15, -0.1) is 0 Å². The molecule has 5 nitrogen and oxygen atoms in total. The third kappa shape index (κ3) is 5.52. The minimum Gasteiger partial charge on any atom is -0.496 e. The maximum atomic E-state index is 8.69. The van der Waals surface area contributed by atoms with Crippen molar-refractivity contribution < 1.29 is 24.4 Å². The summed E-state index contributed by atoms with van der Waals surface area (Å²) in [7, 11) is 1.73. The maximum Gasteiger partial charge on any atom is 0.127 e. The first kappa shape index (κ1) is 17.7. The number of rotatable bonds is 8. The minimum atomic E-state index is 0.113. The Hall–Kier alpha value is -0.660. The van der Waals surface area contributed by atoms with Crippen LogP contribution in [0.5, 0.6) is 5.75 Å². The van der Waals surface area contributed by atoms with Crippen LogP contribution in [0.15, 0.2) is 22.7 Å². The molecule has 1 heterocycles. The molecule has 1 aromatic rings. The van der Waals surface area contributed by atoms with Crippen molar-refractivity contribution in [2.75, 3.05) is 59.7 Å². The van der Waals surface area contributed by atoms with Gasteiger partial charge in [0.15, 0.2) is 0 Å². The predicted molar refractivity (Wildman–Crippen MR) is 88.6 cm³/mol. The summed E-state index contributed by atoms with van der Waals surface area (Å²) >= 11 is 3.54. The molecule has 0 amide bonds. The fourth-order valence-electron chi connectivity index (χ4n) is 2.92. The molecule has 2 rings (SSSR count). The zero-order valence-corrected chi connectivity index (χ0v) is 14.8. The summed E-state index contributed by atoms with van der Waals surface area (Å²) in [6.07, 6.45) is 0. The largest absolute Gasteiger partial charge is 0.496 e. The van der Waals surface area contributed by atoms with E-state index in [9.17, 15) is 0 Å². The average Bonchev–Trinajstić information content (AvgIpc) is 2.53. The molecule has 1 fully saturated rings. The first-order valence-corrected chi connectivity index (χ1v) is 8.70. The van der Waals surface area contributed by atoms with Crippen molar-refractivity contribution in [2.24, 2.45) is 0 Å². The minimum absolute atomic E-state index is 0.113. The molecule has 1 saturated heterocycles. The molecule has 1 aliphatic heterocycles. The quantitative estimate of drug-likeness (QED) is 0.498. The van der Waals surface area contributed by atoms with Gasteiger partial charge in [-0.2, -0.15) is 0 Å². The summed E-state index contributed by atoms with van der Waals surface area (Å²) in [5.41, 5.74) is 1.27. The van der Waals surface area contributed by atoms with Crippen molar-refractivity contribution in [1.29, 1.82) is 0 Å². The van der Waals surface area contributed by atoms with Gasteiger partial charge in [0.25, 0.3) is 0 Å². The Morgan fingerprint density at radius 1 is 1.14 bits per heavy atom. The van der Waals surface area contributed by atoms with E-state index in [0.29, 0.717) is 6.61 Å². The lowest BCUT2D eigenvalue weighted by molar-refractivity contribution is -1.02. The SMILES string of the molecule is COc1ccc(Br)cc1C[NH+]1CC[NH+](CCOCCO)CC1. The number of ether oxygens (including phenoxy) is 2. The smallest absolute Gasteiger partial charge is 0.127 e. The highest BCUT2D eigenvalue weighted by atomic mass is 79.9. The standard InChI is InChI=1S/C16H25BrN2O3/c1-21-16-3-2-15(17)12-14(16)13-19-6-4-18(5-7-19)8-10-22-11-9-20/h2-3,12,20H,4-11,13H2,1H3/p+2. The summed E-state index contributed by atoms with van der Waals surface area (Å²) in [5.74, 6) is 0.975. The van der Waals surface area contributed by atoms with Crippen molar-refractivity contribution in [1.82, 2.24) is 0 Å². The van der Waals surface area contributed by atoms with Crippen LogP contribution in [0.4, 0.5) is 0 Å². The third-order valence-corrected chi connectivity index (χ3v) is 4.68. The molecule has 0 spiro atoms. The van der Waals surface area contributed by atoms with E-state index in [-0.39, 0.29) is 6.61 Å². The number of aliphatic hydroxyl groups excluding tert-OH is 1. The molecule has 0 radical (unpaired) electrons. The first-order chi connectivity index (χ1) is 10.7. The Morgan fingerprint density at radius 2 is 1.86 bits per heavy atom. The van der Waals surface area contributed by atoms with Gasteiger partial charge in [0.1, 0.15) is 45.0 Å². The molecule has 0 aliphatic carbocycles. The lowest BCUT2D eigenvalue weighted by Crippen LogP contribution is -3.27. The maximum absolute atomic E-state index is 8.69. The molecule has 0 bridgehead atoms. The molecule has 22 heavy (non-hydrogen) atoms. The summed E-state index contributed by atoms with van der Waals surface area (Å²) < 4.78 is 11.9. The van der Waals surface area contributed by atoms with Crippen molar-refractivity contribution >= 4 is 15.9 Å². The Labute approximate surface area is 140 Å². The second kappa shape index (κ2) is 9.47. The molecule has 1 aliphatic rings. The second-order valence-corrected chi connectivity index (χ2v) is 6.63. The van der Waals surface area contributed by atoms with Gasteiger partial charge >= 0.3 is 0 Å². The lowest BCUT2D eigenvalue weighted by Gasteiger charge is -2.30. The summed E-state index contributed by atoms with van der Waals surface area (Å²) in [5, 5.41) is 8.69. The molecule has 3 N–H and O–H groups in total. The lowest BCUT2D eigenvalue weighted by atomic mass is 10.1. The van der Waals surface area contributed by atoms with Crippen molar-refractivity contribution in [3.63, 3.8) is 0 Å². The third-order valence-electron chi connectivity index (χ3n) is 4.18. The van der Waals surface area contributed by atoms with Crippen LogP contribution in [0, 0.1) is 0 Å². The predicted octanol–water partition coefficient (Wildman–Crippen LogP) is -1.25. The van der Waals surface area contributed by atoms with Gasteiger partial charge in [-0.25, -0.2) is 0 Å². The van der Waals surface area contributed by atoms with Crippen LogP contribution in [0.25, 0.3) is 0 Å². The number of hydrogen-bond donors (Lipinski definition) is 3. The number of methoxy groups -OCH3 is 1. The van der Waals surface area contributed by atoms with Crippen molar-refractivity contribution in [3.05, 3.63) is 28.2 Å². The zero-order chi connectivity index (χ0) is 15.8. The molecule has 0 unspecified atom stereocenters. The Bertz CT molecular complexity index is 451. The number of aliphatic hydroxyl groups is 1. The van der Waals surface area contributed by atoms with E-state index in [1.807, 2.05) is 12.1 Å². The van der Waals surface area contributed by atoms with Crippen molar-refractivity contribution in [3.8, 4) is 5.75 Å². The van der Waals surface area contributed by atoms with Gasteiger partial charge in [0, 0.05) is 10.0 Å². The monoisotopic (exact) mass is 374 g/mol. The van der Waals surface area contributed by atoms with Crippen LogP contribution < -0.4 is 14.5 Å². The Kier molecular flexibility index (Phi) is 7.62. The summed E-state index contributed by atoms with van der Waals surface area (Å²) in [4.78, 5) is 3.21.